The van der Waals surface area contributed by atoms with Crippen molar-refractivity contribution in [3.63, 3.8) is 0 Å². The van der Waals surface area contributed by atoms with Crippen LogP contribution < -0.4 is 20.7 Å². The highest BCUT2D eigenvalue weighted by molar-refractivity contribution is 6.01. The molecule has 3 rings (SSSR count). The van der Waals surface area contributed by atoms with Crippen LogP contribution in [0.1, 0.15) is 26.3 Å². The Labute approximate surface area is 183 Å². The van der Waals surface area contributed by atoms with Crippen molar-refractivity contribution in [1.82, 2.24) is 4.98 Å². The molecule has 0 aliphatic rings. The molecule has 0 aliphatic heterocycles. The zero-order valence-electron chi connectivity index (χ0n) is 17.7. The molecule has 0 saturated carbocycles. The lowest BCUT2D eigenvalue weighted by Crippen LogP contribution is -2.21. The topological polar surface area (TPSA) is 75.3 Å². The van der Waals surface area contributed by atoms with Gasteiger partial charge < -0.3 is 20.7 Å². The van der Waals surface area contributed by atoms with Crippen LogP contribution in [0, 0.1) is 0 Å². The smallest absolute Gasteiger partial charge is 0.406 e. The number of anilines is 4. The Morgan fingerprint density at radius 3 is 2.19 bits per heavy atom. The van der Waals surface area contributed by atoms with Gasteiger partial charge in [-0.15, -0.1) is 13.2 Å². The number of carbonyl (C=O) groups excluding carboxylic acids is 1. The lowest BCUT2D eigenvalue weighted by atomic mass is 9.86. The summed E-state index contributed by atoms with van der Waals surface area (Å²) in [5.41, 5.74) is 2.58. The van der Waals surface area contributed by atoms with Crippen molar-refractivity contribution in [1.29, 1.82) is 0 Å². The molecule has 0 bridgehead atoms. The van der Waals surface area contributed by atoms with Gasteiger partial charge in [0.15, 0.2) is 5.82 Å². The highest BCUT2D eigenvalue weighted by Gasteiger charge is 2.31. The molecule has 1 aromatic heterocycles. The van der Waals surface area contributed by atoms with E-state index in [1.54, 1.807) is 18.3 Å². The van der Waals surface area contributed by atoms with Crippen LogP contribution in [0.3, 0.4) is 0 Å². The summed E-state index contributed by atoms with van der Waals surface area (Å²) >= 11 is 0. The SMILES string of the molecule is CC(C)(C)c1ccccc1Nc1ncccc1NC(=O)Nc1ccc(OC(F)(F)F)cc1. The van der Waals surface area contributed by atoms with Crippen LogP contribution in [-0.2, 0) is 5.41 Å². The highest BCUT2D eigenvalue weighted by Crippen LogP contribution is 2.32. The second-order valence-corrected chi connectivity index (χ2v) is 7.97. The molecule has 0 fully saturated rings. The van der Waals surface area contributed by atoms with Crippen molar-refractivity contribution in [2.75, 3.05) is 16.0 Å². The maximum absolute atomic E-state index is 12.4. The molecule has 2 aromatic carbocycles. The standard InChI is InChI=1S/C23H23F3N4O2/c1-22(2,3)17-7-4-5-8-18(17)29-20-19(9-6-14-27-20)30-21(31)28-15-10-12-16(13-11-15)32-23(24,25)26/h4-14H,1-3H3,(H,27,29)(H2,28,30,31). The summed E-state index contributed by atoms with van der Waals surface area (Å²) in [6.07, 6.45) is -3.17. The van der Waals surface area contributed by atoms with E-state index < -0.39 is 12.4 Å². The van der Waals surface area contributed by atoms with Gasteiger partial charge in [-0.25, -0.2) is 9.78 Å². The first-order valence-corrected chi connectivity index (χ1v) is 9.77. The number of alkyl halides is 3. The van der Waals surface area contributed by atoms with Crippen molar-refractivity contribution >= 4 is 28.9 Å². The number of aromatic nitrogens is 1. The Bertz CT molecular complexity index is 1080. The van der Waals surface area contributed by atoms with Crippen molar-refractivity contribution in [3.8, 4) is 5.75 Å². The van der Waals surface area contributed by atoms with E-state index in [0.29, 0.717) is 17.2 Å². The summed E-state index contributed by atoms with van der Waals surface area (Å²) < 4.78 is 40.6. The molecular formula is C23H23F3N4O2. The Balaban J connectivity index is 1.71. The van der Waals surface area contributed by atoms with Gasteiger partial charge in [0, 0.05) is 17.6 Å². The van der Waals surface area contributed by atoms with Crippen LogP contribution in [0.4, 0.5) is 40.8 Å². The van der Waals surface area contributed by atoms with E-state index in [0.717, 1.165) is 23.4 Å². The predicted molar refractivity (Wildman–Crippen MR) is 118 cm³/mol. The van der Waals surface area contributed by atoms with Crippen LogP contribution in [0.5, 0.6) is 5.75 Å². The first kappa shape index (κ1) is 22.9. The van der Waals surface area contributed by atoms with Crippen molar-refractivity contribution in [2.45, 2.75) is 32.5 Å². The summed E-state index contributed by atoms with van der Waals surface area (Å²) in [6, 6.07) is 15.5. The molecule has 0 aliphatic carbocycles. The van der Waals surface area contributed by atoms with Gasteiger partial charge in [0.25, 0.3) is 0 Å². The molecule has 0 radical (unpaired) electrons. The average Bonchev–Trinajstić information content (AvgIpc) is 2.69. The fourth-order valence-corrected chi connectivity index (χ4v) is 3.00. The van der Waals surface area contributed by atoms with E-state index >= 15 is 0 Å². The molecule has 3 N–H and O–H groups in total. The van der Waals surface area contributed by atoms with Gasteiger partial charge in [-0.05, 0) is 53.4 Å². The number of hydrogen-bond acceptors (Lipinski definition) is 4. The van der Waals surface area contributed by atoms with Gasteiger partial charge in [-0.2, -0.15) is 0 Å². The average molecular weight is 444 g/mol. The van der Waals surface area contributed by atoms with E-state index in [9.17, 15) is 18.0 Å². The quantitative estimate of drug-likeness (QED) is 0.411. The third kappa shape index (κ3) is 6.37. The number of ether oxygens (including phenoxy) is 1. The molecule has 32 heavy (non-hydrogen) atoms. The van der Waals surface area contributed by atoms with Crippen molar-refractivity contribution < 1.29 is 22.7 Å². The summed E-state index contributed by atoms with van der Waals surface area (Å²) in [7, 11) is 0. The summed E-state index contributed by atoms with van der Waals surface area (Å²) in [5.74, 6) is 0.0768. The van der Waals surface area contributed by atoms with Crippen LogP contribution in [0.25, 0.3) is 0 Å². The van der Waals surface area contributed by atoms with Gasteiger partial charge in [-0.1, -0.05) is 39.0 Å². The molecule has 168 valence electrons. The number of urea groups is 1. The third-order valence-electron chi connectivity index (χ3n) is 4.39. The number of amides is 2. The molecular weight excluding hydrogens is 421 g/mol. The van der Waals surface area contributed by atoms with E-state index in [1.165, 1.54) is 12.1 Å². The van der Waals surface area contributed by atoms with Gasteiger partial charge in [0.05, 0.1) is 5.69 Å². The molecule has 3 aromatic rings. The van der Waals surface area contributed by atoms with Crippen LogP contribution in [0.15, 0.2) is 66.9 Å². The second kappa shape index (κ2) is 9.17. The normalized spacial score (nSPS) is 11.6. The van der Waals surface area contributed by atoms with Crippen molar-refractivity contribution in [2.24, 2.45) is 0 Å². The van der Waals surface area contributed by atoms with E-state index in [4.69, 9.17) is 0 Å². The summed E-state index contributed by atoms with van der Waals surface area (Å²) in [6.45, 7) is 6.30. The first-order valence-electron chi connectivity index (χ1n) is 9.77. The highest BCUT2D eigenvalue weighted by atomic mass is 19.4. The molecule has 0 atom stereocenters. The largest absolute Gasteiger partial charge is 0.573 e. The molecule has 0 unspecified atom stereocenters. The predicted octanol–water partition coefficient (Wildman–Crippen LogP) is 6.67. The molecule has 0 saturated heterocycles. The Hall–Kier alpha value is -3.75. The zero-order valence-corrected chi connectivity index (χ0v) is 17.7. The van der Waals surface area contributed by atoms with E-state index in [-0.39, 0.29) is 11.2 Å². The molecule has 0 spiro atoms. The minimum Gasteiger partial charge on any atom is -0.406 e. The fraction of sp³-hybridized carbons (Fsp3) is 0.217. The molecule has 9 heteroatoms. The number of halogens is 3. The van der Waals surface area contributed by atoms with Gasteiger partial charge in [-0.3, -0.25) is 0 Å². The lowest BCUT2D eigenvalue weighted by molar-refractivity contribution is -0.274. The molecule has 6 nitrogen and oxygen atoms in total. The number of rotatable bonds is 5. The number of hydrogen-bond donors (Lipinski definition) is 3. The number of nitrogens with zero attached hydrogens (tertiary/aromatic N) is 1. The third-order valence-corrected chi connectivity index (χ3v) is 4.39. The van der Waals surface area contributed by atoms with E-state index in [1.807, 2.05) is 24.3 Å². The lowest BCUT2D eigenvalue weighted by Gasteiger charge is -2.23. The maximum Gasteiger partial charge on any atom is 0.573 e. The van der Waals surface area contributed by atoms with Crippen LogP contribution in [0.2, 0.25) is 0 Å². The Kier molecular flexibility index (Phi) is 6.57. The summed E-state index contributed by atoms with van der Waals surface area (Å²) in [4.78, 5) is 16.8. The van der Waals surface area contributed by atoms with Crippen LogP contribution >= 0.6 is 0 Å². The van der Waals surface area contributed by atoms with Crippen molar-refractivity contribution in [3.05, 3.63) is 72.4 Å². The molecule has 2 amide bonds. The van der Waals surface area contributed by atoms with Crippen LogP contribution in [-0.4, -0.2) is 17.4 Å². The molecule has 1 heterocycles. The number of nitrogens with one attached hydrogen (secondary N) is 3. The second-order valence-electron chi connectivity index (χ2n) is 7.97. The number of pyridine rings is 1. The Morgan fingerprint density at radius 2 is 1.53 bits per heavy atom. The van der Waals surface area contributed by atoms with E-state index in [2.05, 4.69) is 46.4 Å². The summed E-state index contributed by atoms with van der Waals surface area (Å²) in [5, 5.41) is 8.54. The minimum absolute atomic E-state index is 0.106. The van der Waals surface area contributed by atoms with Gasteiger partial charge >= 0.3 is 12.4 Å². The minimum atomic E-state index is -4.78. The fourth-order valence-electron chi connectivity index (χ4n) is 3.00. The Morgan fingerprint density at radius 1 is 0.875 bits per heavy atom. The maximum atomic E-state index is 12.4. The van der Waals surface area contributed by atoms with Gasteiger partial charge in [0.1, 0.15) is 5.75 Å². The number of para-hydroxylation sites is 1. The first-order chi connectivity index (χ1) is 15.0. The number of carbonyl (C=O) groups is 1. The number of benzene rings is 2. The zero-order chi connectivity index (χ0) is 23.4. The van der Waals surface area contributed by atoms with Gasteiger partial charge in [0.2, 0.25) is 0 Å². The monoisotopic (exact) mass is 444 g/mol.